The Morgan fingerprint density at radius 3 is 2.68 bits per heavy atom. The Balaban J connectivity index is 1.79. The third-order valence-corrected chi connectivity index (χ3v) is 3.42. The lowest BCUT2D eigenvalue weighted by Crippen LogP contribution is -2.32. The topological polar surface area (TPSA) is 55.6 Å². The van der Waals surface area contributed by atoms with Crippen molar-refractivity contribution in [1.29, 1.82) is 0 Å². The van der Waals surface area contributed by atoms with E-state index in [-0.39, 0.29) is 5.91 Å². The molecule has 1 amide bonds. The molecule has 0 unspecified atom stereocenters. The molecule has 0 radical (unpaired) electrons. The quantitative estimate of drug-likeness (QED) is 0.834. The van der Waals surface area contributed by atoms with Crippen LogP contribution in [-0.4, -0.2) is 31.0 Å². The molecule has 4 heteroatoms. The second-order valence-corrected chi connectivity index (χ2v) is 5.40. The highest BCUT2D eigenvalue weighted by Crippen LogP contribution is 2.12. The van der Waals surface area contributed by atoms with Crippen molar-refractivity contribution in [1.82, 2.24) is 4.90 Å². The number of nitrogens with two attached hydrogens (primary N) is 1. The molecular formula is C18H22N2O2. The van der Waals surface area contributed by atoms with Crippen molar-refractivity contribution >= 4 is 11.6 Å². The zero-order valence-corrected chi connectivity index (χ0v) is 13.1. The van der Waals surface area contributed by atoms with Gasteiger partial charge in [-0.2, -0.15) is 0 Å². The molecule has 0 heterocycles. The molecule has 2 N–H and O–H groups in total. The van der Waals surface area contributed by atoms with E-state index in [9.17, 15) is 4.79 Å². The van der Waals surface area contributed by atoms with Crippen LogP contribution in [0, 0.1) is 6.92 Å². The van der Waals surface area contributed by atoms with Gasteiger partial charge in [-0.25, -0.2) is 0 Å². The van der Waals surface area contributed by atoms with E-state index in [1.54, 1.807) is 11.9 Å². The zero-order chi connectivity index (χ0) is 15.9. The third kappa shape index (κ3) is 4.81. The summed E-state index contributed by atoms with van der Waals surface area (Å²) in [6.45, 7) is 3.05. The lowest BCUT2D eigenvalue weighted by molar-refractivity contribution is -0.129. The highest BCUT2D eigenvalue weighted by molar-refractivity contribution is 5.78. The Morgan fingerprint density at radius 1 is 1.18 bits per heavy atom. The highest BCUT2D eigenvalue weighted by Gasteiger charge is 2.10. The summed E-state index contributed by atoms with van der Waals surface area (Å²) in [6, 6.07) is 15.3. The van der Waals surface area contributed by atoms with E-state index in [0.29, 0.717) is 25.3 Å². The summed E-state index contributed by atoms with van der Waals surface area (Å²) < 4.78 is 5.66. The Bertz CT molecular complexity index is 640. The number of rotatable bonds is 6. The minimum atomic E-state index is 0.0541. The van der Waals surface area contributed by atoms with E-state index < -0.39 is 0 Å². The molecule has 2 rings (SSSR count). The highest BCUT2D eigenvalue weighted by atomic mass is 16.5. The van der Waals surface area contributed by atoms with Gasteiger partial charge in [0.25, 0.3) is 0 Å². The molecule has 0 atom stereocenters. The van der Waals surface area contributed by atoms with Gasteiger partial charge in [-0.3, -0.25) is 4.79 Å². The molecule has 4 nitrogen and oxygen atoms in total. The number of aryl methyl sites for hydroxylation is 1. The van der Waals surface area contributed by atoms with E-state index in [2.05, 4.69) is 0 Å². The zero-order valence-electron chi connectivity index (χ0n) is 13.1. The molecule has 0 aliphatic carbocycles. The standard InChI is InChI=1S/C18H22N2O2/c1-14-5-3-8-17(11-14)22-10-9-20(2)18(21)13-15-6-4-7-16(19)12-15/h3-8,11-12H,9-10,13,19H2,1-2H3. The summed E-state index contributed by atoms with van der Waals surface area (Å²) >= 11 is 0. The fraction of sp³-hybridized carbons (Fsp3) is 0.278. The molecule has 2 aromatic rings. The summed E-state index contributed by atoms with van der Waals surface area (Å²) in [5, 5.41) is 0. The summed E-state index contributed by atoms with van der Waals surface area (Å²) in [5.74, 6) is 0.884. The van der Waals surface area contributed by atoms with Crippen LogP contribution in [0.25, 0.3) is 0 Å². The molecule has 0 aromatic heterocycles. The normalized spacial score (nSPS) is 10.3. The average Bonchev–Trinajstić information content (AvgIpc) is 2.47. The molecule has 0 fully saturated rings. The number of ether oxygens (including phenoxy) is 1. The maximum atomic E-state index is 12.1. The van der Waals surface area contributed by atoms with Crippen LogP contribution in [-0.2, 0) is 11.2 Å². The summed E-state index contributed by atoms with van der Waals surface area (Å²) in [5.41, 5.74) is 8.48. The van der Waals surface area contributed by atoms with Gasteiger partial charge in [-0.15, -0.1) is 0 Å². The van der Waals surface area contributed by atoms with Gasteiger partial charge in [-0.05, 0) is 42.3 Å². The SMILES string of the molecule is Cc1cccc(OCCN(C)C(=O)Cc2cccc(N)c2)c1. The minimum absolute atomic E-state index is 0.0541. The number of hydrogen-bond acceptors (Lipinski definition) is 3. The minimum Gasteiger partial charge on any atom is -0.492 e. The Hall–Kier alpha value is -2.49. The number of hydrogen-bond donors (Lipinski definition) is 1. The molecular weight excluding hydrogens is 276 g/mol. The van der Waals surface area contributed by atoms with Crippen LogP contribution in [0.1, 0.15) is 11.1 Å². The fourth-order valence-electron chi connectivity index (χ4n) is 2.14. The van der Waals surface area contributed by atoms with E-state index in [4.69, 9.17) is 10.5 Å². The number of carbonyl (C=O) groups is 1. The first-order valence-corrected chi connectivity index (χ1v) is 7.32. The van der Waals surface area contributed by atoms with E-state index >= 15 is 0 Å². The number of benzene rings is 2. The van der Waals surface area contributed by atoms with Crippen LogP contribution in [0.5, 0.6) is 5.75 Å². The Labute approximate surface area is 131 Å². The molecule has 0 spiro atoms. The largest absolute Gasteiger partial charge is 0.492 e. The van der Waals surface area contributed by atoms with Gasteiger partial charge in [0, 0.05) is 12.7 Å². The average molecular weight is 298 g/mol. The van der Waals surface area contributed by atoms with Gasteiger partial charge in [-0.1, -0.05) is 24.3 Å². The van der Waals surface area contributed by atoms with Gasteiger partial charge in [0.2, 0.25) is 5.91 Å². The molecule has 0 aliphatic heterocycles. The molecule has 2 aromatic carbocycles. The molecule has 0 saturated heterocycles. The number of nitrogens with zero attached hydrogens (tertiary/aromatic N) is 1. The Morgan fingerprint density at radius 2 is 1.95 bits per heavy atom. The van der Waals surface area contributed by atoms with Gasteiger partial charge in [0.05, 0.1) is 13.0 Å². The van der Waals surface area contributed by atoms with Crippen LogP contribution in [0.15, 0.2) is 48.5 Å². The molecule has 116 valence electrons. The van der Waals surface area contributed by atoms with Crippen molar-refractivity contribution in [3.05, 3.63) is 59.7 Å². The first kappa shape index (κ1) is 15.9. The number of likely N-dealkylation sites (N-methyl/N-ethyl adjacent to an activating group) is 1. The van der Waals surface area contributed by atoms with Crippen molar-refractivity contribution in [2.45, 2.75) is 13.3 Å². The van der Waals surface area contributed by atoms with Crippen molar-refractivity contribution in [2.75, 3.05) is 25.9 Å². The summed E-state index contributed by atoms with van der Waals surface area (Å²) in [4.78, 5) is 13.8. The lowest BCUT2D eigenvalue weighted by Gasteiger charge is -2.17. The van der Waals surface area contributed by atoms with E-state index in [1.807, 2.05) is 55.5 Å². The van der Waals surface area contributed by atoms with Crippen LogP contribution in [0.4, 0.5) is 5.69 Å². The molecule has 22 heavy (non-hydrogen) atoms. The maximum Gasteiger partial charge on any atom is 0.226 e. The second-order valence-electron chi connectivity index (χ2n) is 5.40. The molecule has 0 saturated carbocycles. The maximum absolute atomic E-state index is 12.1. The number of amides is 1. The predicted molar refractivity (Wildman–Crippen MR) is 88.9 cm³/mol. The van der Waals surface area contributed by atoms with Gasteiger partial charge in [0.1, 0.15) is 12.4 Å². The fourth-order valence-corrected chi connectivity index (χ4v) is 2.14. The monoisotopic (exact) mass is 298 g/mol. The van der Waals surface area contributed by atoms with Crippen molar-refractivity contribution in [2.24, 2.45) is 0 Å². The lowest BCUT2D eigenvalue weighted by atomic mass is 10.1. The van der Waals surface area contributed by atoms with Crippen molar-refractivity contribution < 1.29 is 9.53 Å². The number of carbonyl (C=O) groups excluding carboxylic acids is 1. The number of nitrogen functional groups attached to an aromatic ring is 1. The van der Waals surface area contributed by atoms with Gasteiger partial charge < -0.3 is 15.4 Å². The van der Waals surface area contributed by atoms with Gasteiger partial charge in [0.15, 0.2) is 0 Å². The van der Waals surface area contributed by atoms with Crippen LogP contribution in [0.3, 0.4) is 0 Å². The second kappa shape index (κ2) is 7.50. The van der Waals surface area contributed by atoms with Crippen molar-refractivity contribution in [3.8, 4) is 5.75 Å². The predicted octanol–water partition coefficient (Wildman–Crippen LogP) is 2.66. The number of anilines is 1. The molecule has 0 bridgehead atoms. The van der Waals surface area contributed by atoms with Crippen LogP contribution >= 0.6 is 0 Å². The Kier molecular flexibility index (Phi) is 5.42. The molecule has 0 aliphatic rings. The first-order valence-electron chi connectivity index (χ1n) is 7.32. The van der Waals surface area contributed by atoms with Crippen LogP contribution in [0.2, 0.25) is 0 Å². The smallest absolute Gasteiger partial charge is 0.226 e. The van der Waals surface area contributed by atoms with E-state index in [1.165, 1.54) is 0 Å². The summed E-state index contributed by atoms with van der Waals surface area (Å²) in [7, 11) is 1.79. The van der Waals surface area contributed by atoms with E-state index in [0.717, 1.165) is 16.9 Å². The summed E-state index contributed by atoms with van der Waals surface area (Å²) in [6.07, 6.45) is 0.353. The first-order chi connectivity index (χ1) is 10.5. The third-order valence-electron chi connectivity index (χ3n) is 3.42. The van der Waals surface area contributed by atoms with Crippen molar-refractivity contribution in [3.63, 3.8) is 0 Å². The van der Waals surface area contributed by atoms with Gasteiger partial charge >= 0.3 is 0 Å². The van der Waals surface area contributed by atoms with Crippen LogP contribution < -0.4 is 10.5 Å².